The van der Waals surface area contributed by atoms with Gasteiger partial charge in [-0.25, -0.2) is 4.68 Å². The quantitative estimate of drug-likeness (QED) is 0.722. The largest absolute Gasteiger partial charge is 0.337 e. The van der Waals surface area contributed by atoms with E-state index in [9.17, 15) is 4.79 Å². The maximum Gasteiger partial charge on any atom is 0.276 e. The van der Waals surface area contributed by atoms with Gasteiger partial charge in [-0.2, -0.15) is 0 Å². The predicted molar refractivity (Wildman–Crippen MR) is 106 cm³/mol. The Labute approximate surface area is 168 Å². The lowest BCUT2D eigenvalue weighted by atomic mass is 9.95. The highest BCUT2D eigenvalue weighted by molar-refractivity contribution is 5.92. The lowest BCUT2D eigenvalue weighted by Crippen LogP contribution is -2.39. The minimum absolute atomic E-state index is 0.0603. The van der Waals surface area contributed by atoms with Crippen molar-refractivity contribution < 1.29 is 4.79 Å². The van der Waals surface area contributed by atoms with Gasteiger partial charge in [0, 0.05) is 32.1 Å². The first-order valence-corrected chi connectivity index (χ1v) is 10.1. The number of hydrogen-bond donors (Lipinski definition) is 1. The fraction of sp³-hybridized carbons (Fsp3) is 0.450. The van der Waals surface area contributed by atoms with Crippen molar-refractivity contribution in [3.63, 3.8) is 0 Å². The summed E-state index contributed by atoms with van der Waals surface area (Å²) in [4.78, 5) is 14.8. The number of carbonyl (C=O) groups is 1. The fourth-order valence-corrected chi connectivity index (χ4v) is 4.18. The first-order valence-electron chi connectivity index (χ1n) is 10.1. The molecule has 1 amide bonds. The second-order valence-electron chi connectivity index (χ2n) is 7.76. The molecule has 0 spiro atoms. The molecule has 0 bridgehead atoms. The molecule has 9 nitrogen and oxygen atoms in total. The summed E-state index contributed by atoms with van der Waals surface area (Å²) in [6.45, 7) is 6.06. The SMILES string of the molecule is Cc1cccc(-n2cc(C(=O)N3CCC(c4nnc5n4CCNC5)CC3)nn2)c1. The molecule has 4 heterocycles. The number of nitrogens with zero attached hydrogens (tertiary/aromatic N) is 7. The van der Waals surface area contributed by atoms with Crippen LogP contribution in [0.2, 0.25) is 0 Å². The topological polar surface area (TPSA) is 93.8 Å². The van der Waals surface area contributed by atoms with Crippen LogP contribution in [0.1, 0.15) is 46.5 Å². The smallest absolute Gasteiger partial charge is 0.276 e. The minimum Gasteiger partial charge on any atom is -0.337 e. The number of benzene rings is 1. The molecule has 29 heavy (non-hydrogen) atoms. The van der Waals surface area contributed by atoms with E-state index in [1.54, 1.807) is 10.9 Å². The summed E-state index contributed by atoms with van der Waals surface area (Å²) in [6, 6.07) is 7.97. The van der Waals surface area contributed by atoms with Crippen LogP contribution in [-0.4, -0.2) is 60.2 Å². The van der Waals surface area contributed by atoms with Crippen molar-refractivity contribution in [2.24, 2.45) is 0 Å². The molecule has 1 N–H and O–H groups in total. The first-order chi connectivity index (χ1) is 14.2. The molecule has 2 aliphatic rings. The highest BCUT2D eigenvalue weighted by atomic mass is 16.2. The molecule has 3 aromatic rings. The summed E-state index contributed by atoms with van der Waals surface area (Å²) < 4.78 is 3.90. The summed E-state index contributed by atoms with van der Waals surface area (Å²) >= 11 is 0. The average molecular weight is 392 g/mol. The van der Waals surface area contributed by atoms with Gasteiger partial charge in [0.1, 0.15) is 11.6 Å². The zero-order chi connectivity index (χ0) is 19.8. The number of nitrogens with one attached hydrogen (secondary N) is 1. The van der Waals surface area contributed by atoms with Crippen LogP contribution in [0.4, 0.5) is 0 Å². The summed E-state index contributed by atoms with van der Waals surface area (Å²) in [5.74, 6) is 2.37. The molecule has 150 valence electrons. The zero-order valence-electron chi connectivity index (χ0n) is 16.5. The molecule has 0 atom stereocenters. The summed E-state index contributed by atoms with van der Waals surface area (Å²) in [5.41, 5.74) is 2.43. The average Bonchev–Trinajstić information content (AvgIpc) is 3.41. The molecule has 0 unspecified atom stereocenters. The molecule has 2 aliphatic heterocycles. The number of amides is 1. The van der Waals surface area contributed by atoms with Crippen molar-refractivity contribution in [1.82, 2.24) is 40.0 Å². The van der Waals surface area contributed by atoms with E-state index in [1.165, 1.54) is 0 Å². The molecule has 1 saturated heterocycles. The van der Waals surface area contributed by atoms with Gasteiger partial charge < -0.3 is 14.8 Å². The standard InChI is InChI=1S/C20H24N8O/c1-14-3-2-4-16(11-14)28-13-17(22-25-28)20(29)26-8-5-15(6-9-26)19-24-23-18-12-21-7-10-27(18)19/h2-4,11,13,15,21H,5-10,12H2,1H3. The first kappa shape index (κ1) is 18.0. The van der Waals surface area contributed by atoms with Gasteiger partial charge in [-0.05, 0) is 37.5 Å². The van der Waals surface area contributed by atoms with Gasteiger partial charge in [-0.1, -0.05) is 17.3 Å². The Bertz CT molecular complexity index is 1030. The Morgan fingerprint density at radius 2 is 2.00 bits per heavy atom. The van der Waals surface area contributed by atoms with Crippen LogP contribution in [0.3, 0.4) is 0 Å². The highest BCUT2D eigenvalue weighted by Gasteiger charge is 2.30. The zero-order valence-corrected chi connectivity index (χ0v) is 16.5. The second-order valence-corrected chi connectivity index (χ2v) is 7.76. The Kier molecular flexibility index (Phi) is 4.59. The third-order valence-electron chi connectivity index (χ3n) is 5.78. The number of aromatic nitrogens is 6. The Morgan fingerprint density at radius 1 is 1.14 bits per heavy atom. The molecule has 5 rings (SSSR count). The number of fused-ring (bicyclic) bond motifs is 1. The maximum absolute atomic E-state index is 12.9. The lowest BCUT2D eigenvalue weighted by Gasteiger charge is -2.31. The highest BCUT2D eigenvalue weighted by Crippen LogP contribution is 2.28. The Morgan fingerprint density at radius 3 is 2.83 bits per heavy atom. The van der Waals surface area contributed by atoms with Crippen LogP contribution in [0, 0.1) is 6.92 Å². The van der Waals surface area contributed by atoms with Gasteiger partial charge >= 0.3 is 0 Å². The Hall–Kier alpha value is -3.07. The van der Waals surface area contributed by atoms with Crippen molar-refractivity contribution in [2.75, 3.05) is 19.6 Å². The minimum atomic E-state index is -0.0603. The van der Waals surface area contributed by atoms with Gasteiger partial charge in [-0.3, -0.25) is 4.79 Å². The number of aryl methyl sites for hydroxylation is 1. The van der Waals surface area contributed by atoms with Crippen LogP contribution in [-0.2, 0) is 13.1 Å². The van der Waals surface area contributed by atoms with Crippen LogP contribution < -0.4 is 5.32 Å². The van der Waals surface area contributed by atoms with Crippen LogP contribution >= 0.6 is 0 Å². The third-order valence-corrected chi connectivity index (χ3v) is 5.78. The van der Waals surface area contributed by atoms with E-state index in [0.717, 1.165) is 55.4 Å². The van der Waals surface area contributed by atoms with Crippen molar-refractivity contribution in [1.29, 1.82) is 0 Å². The van der Waals surface area contributed by atoms with Gasteiger partial charge in [0.15, 0.2) is 5.69 Å². The van der Waals surface area contributed by atoms with Crippen LogP contribution in [0.5, 0.6) is 0 Å². The van der Waals surface area contributed by atoms with Gasteiger partial charge in [0.05, 0.1) is 18.4 Å². The second kappa shape index (κ2) is 7.40. The molecule has 1 fully saturated rings. The monoisotopic (exact) mass is 392 g/mol. The van der Waals surface area contributed by atoms with E-state index in [-0.39, 0.29) is 5.91 Å². The molecule has 2 aromatic heterocycles. The predicted octanol–water partition coefficient (Wildman–Crippen LogP) is 1.29. The van der Waals surface area contributed by atoms with Crippen molar-refractivity contribution in [3.8, 4) is 5.69 Å². The summed E-state index contributed by atoms with van der Waals surface area (Å²) in [5, 5.41) is 20.3. The van der Waals surface area contributed by atoms with E-state index in [0.29, 0.717) is 24.7 Å². The van der Waals surface area contributed by atoms with Gasteiger partial charge in [-0.15, -0.1) is 15.3 Å². The molecule has 0 saturated carbocycles. The molecular formula is C20H24N8O. The summed E-state index contributed by atoms with van der Waals surface area (Å²) in [6.07, 6.45) is 3.50. The molecular weight excluding hydrogens is 368 g/mol. The van der Waals surface area contributed by atoms with E-state index in [2.05, 4.69) is 30.4 Å². The molecule has 0 radical (unpaired) electrons. The normalized spacial score (nSPS) is 17.3. The number of rotatable bonds is 3. The van der Waals surface area contributed by atoms with E-state index < -0.39 is 0 Å². The molecule has 1 aromatic carbocycles. The van der Waals surface area contributed by atoms with E-state index >= 15 is 0 Å². The Balaban J connectivity index is 1.25. The molecule has 0 aliphatic carbocycles. The number of carbonyl (C=O) groups excluding carboxylic acids is 1. The van der Waals surface area contributed by atoms with Crippen molar-refractivity contribution in [3.05, 3.63) is 53.4 Å². The van der Waals surface area contributed by atoms with E-state index in [1.807, 2.05) is 36.1 Å². The number of likely N-dealkylation sites (tertiary alicyclic amines) is 1. The summed E-state index contributed by atoms with van der Waals surface area (Å²) in [7, 11) is 0. The molecule has 9 heteroatoms. The van der Waals surface area contributed by atoms with Crippen molar-refractivity contribution in [2.45, 2.75) is 38.8 Å². The number of hydrogen-bond acceptors (Lipinski definition) is 6. The van der Waals surface area contributed by atoms with Gasteiger partial charge in [0.25, 0.3) is 5.91 Å². The van der Waals surface area contributed by atoms with Crippen LogP contribution in [0.15, 0.2) is 30.5 Å². The lowest BCUT2D eigenvalue weighted by molar-refractivity contribution is 0.0704. The number of piperidine rings is 1. The third kappa shape index (κ3) is 3.42. The van der Waals surface area contributed by atoms with Crippen LogP contribution in [0.25, 0.3) is 5.69 Å². The van der Waals surface area contributed by atoms with E-state index in [4.69, 9.17) is 0 Å². The van der Waals surface area contributed by atoms with Crippen molar-refractivity contribution >= 4 is 5.91 Å². The fourth-order valence-electron chi connectivity index (χ4n) is 4.18. The van der Waals surface area contributed by atoms with Gasteiger partial charge in [0.2, 0.25) is 0 Å². The maximum atomic E-state index is 12.9.